The largest absolute Gasteiger partial charge is 0.494 e. The number of hydrogen-bond donors (Lipinski definition) is 1. The SMILES string of the molecule is COc1cc(F)ccc1Nc1ncc(Br)c(OC)n1. The molecule has 1 heterocycles. The average Bonchev–Trinajstić information content (AvgIpc) is 2.42. The molecular weight excluding hydrogens is 317 g/mol. The first-order valence-electron chi connectivity index (χ1n) is 5.31. The lowest BCUT2D eigenvalue weighted by molar-refractivity contribution is 0.394. The quantitative estimate of drug-likeness (QED) is 0.934. The molecule has 7 heteroatoms. The topological polar surface area (TPSA) is 56.3 Å². The molecule has 0 radical (unpaired) electrons. The first-order chi connectivity index (χ1) is 9.13. The Morgan fingerprint density at radius 2 is 2.05 bits per heavy atom. The molecule has 0 amide bonds. The van der Waals surface area contributed by atoms with Gasteiger partial charge in [-0.3, -0.25) is 0 Å². The van der Waals surface area contributed by atoms with Crippen molar-refractivity contribution >= 4 is 27.6 Å². The molecule has 2 rings (SSSR count). The van der Waals surface area contributed by atoms with Gasteiger partial charge in [-0.2, -0.15) is 4.98 Å². The highest BCUT2D eigenvalue weighted by atomic mass is 79.9. The van der Waals surface area contributed by atoms with Gasteiger partial charge in [-0.15, -0.1) is 0 Å². The number of nitrogens with one attached hydrogen (secondary N) is 1. The van der Waals surface area contributed by atoms with Crippen molar-refractivity contribution in [2.75, 3.05) is 19.5 Å². The third-order valence-corrected chi connectivity index (χ3v) is 2.86. The van der Waals surface area contributed by atoms with E-state index in [1.54, 1.807) is 12.3 Å². The average molecular weight is 328 g/mol. The highest BCUT2D eigenvalue weighted by Gasteiger charge is 2.09. The van der Waals surface area contributed by atoms with Gasteiger partial charge in [0.05, 0.1) is 30.6 Å². The molecule has 0 spiro atoms. The van der Waals surface area contributed by atoms with Crippen LogP contribution in [0.15, 0.2) is 28.9 Å². The standard InChI is InChI=1S/C12H11BrFN3O2/c1-18-10-5-7(14)3-4-9(10)16-12-15-6-8(13)11(17-12)19-2/h3-6H,1-2H3,(H,15,16,17). The molecule has 1 N–H and O–H groups in total. The molecular formula is C12H11BrFN3O2. The van der Waals surface area contributed by atoms with E-state index in [1.165, 1.54) is 26.4 Å². The highest BCUT2D eigenvalue weighted by Crippen LogP contribution is 2.28. The van der Waals surface area contributed by atoms with Gasteiger partial charge >= 0.3 is 0 Å². The second-order valence-electron chi connectivity index (χ2n) is 3.52. The summed E-state index contributed by atoms with van der Waals surface area (Å²) in [5.41, 5.74) is 0.563. The van der Waals surface area contributed by atoms with Crippen molar-refractivity contribution in [3.8, 4) is 11.6 Å². The summed E-state index contributed by atoms with van der Waals surface area (Å²) in [6.45, 7) is 0. The van der Waals surface area contributed by atoms with Gasteiger partial charge in [-0.1, -0.05) is 0 Å². The van der Waals surface area contributed by atoms with E-state index < -0.39 is 0 Å². The predicted octanol–water partition coefficient (Wildman–Crippen LogP) is 3.14. The van der Waals surface area contributed by atoms with E-state index in [1.807, 2.05) is 0 Å². The summed E-state index contributed by atoms with van der Waals surface area (Å²) in [6.07, 6.45) is 1.56. The van der Waals surface area contributed by atoms with Crippen LogP contribution in [0, 0.1) is 5.82 Å². The number of rotatable bonds is 4. The third-order valence-electron chi connectivity index (χ3n) is 2.32. The van der Waals surface area contributed by atoms with E-state index in [0.717, 1.165) is 0 Å². The van der Waals surface area contributed by atoms with Crippen LogP contribution >= 0.6 is 15.9 Å². The monoisotopic (exact) mass is 327 g/mol. The van der Waals surface area contributed by atoms with Gasteiger partial charge in [-0.25, -0.2) is 9.37 Å². The van der Waals surface area contributed by atoms with Crippen LogP contribution in [0.4, 0.5) is 16.0 Å². The molecule has 0 saturated heterocycles. The van der Waals surface area contributed by atoms with Crippen molar-refractivity contribution in [2.45, 2.75) is 0 Å². The van der Waals surface area contributed by atoms with Crippen LogP contribution in [-0.2, 0) is 0 Å². The Labute approximate surface area is 117 Å². The lowest BCUT2D eigenvalue weighted by Crippen LogP contribution is -2.01. The minimum absolute atomic E-state index is 0.324. The fourth-order valence-electron chi connectivity index (χ4n) is 1.44. The van der Waals surface area contributed by atoms with Crippen molar-refractivity contribution in [1.82, 2.24) is 9.97 Å². The molecule has 0 fully saturated rings. The zero-order valence-corrected chi connectivity index (χ0v) is 11.9. The zero-order valence-electron chi connectivity index (χ0n) is 10.3. The number of nitrogens with zero attached hydrogens (tertiary/aromatic N) is 2. The van der Waals surface area contributed by atoms with Crippen LogP contribution < -0.4 is 14.8 Å². The summed E-state index contributed by atoms with van der Waals surface area (Å²) < 4.78 is 23.9. The van der Waals surface area contributed by atoms with E-state index in [9.17, 15) is 4.39 Å². The van der Waals surface area contributed by atoms with Gasteiger partial charge < -0.3 is 14.8 Å². The Kier molecular flexibility index (Phi) is 4.16. The minimum atomic E-state index is -0.378. The summed E-state index contributed by atoms with van der Waals surface area (Å²) in [4.78, 5) is 8.22. The molecule has 0 saturated carbocycles. The molecule has 0 aliphatic carbocycles. The Balaban J connectivity index is 2.30. The summed E-state index contributed by atoms with van der Waals surface area (Å²) in [5.74, 6) is 0.714. The van der Waals surface area contributed by atoms with E-state index in [4.69, 9.17) is 9.47 Å². The van der Waals surface area contributed by atoms with Gasteiger partial charge in [-0.05, 0) is 28.1 Å². The Morgan fingerprint density at radius 1 is 1.26 bits per heavy atom. The Bertz CT molecular complexity index is 595. The number of halogens is 2. The van der Waals surface area contributed by atoms with E-state index >= 15 is 0 Å². The summed E-state index contributed by atoms with van der Waals surface area (Å²) in [7, 11) is 2.97. The Morgan fingerprint density at radius 3 is 2.74 bits per heavy atom. The van der Waals surface area contributed by atoms with Crippen molar-refractivity contribution in [1.29, 1.82) is 0 Å². The van der Waals surface area contributed by atoms with Crippen molar-refractivity contribution in [3.05, 3.63) is 34.7 Å². The molecule has 1 aromatic heterocycles. The van der Waals surface area contributed by atoms with Gasteiger partial charge in [0.15, 0.2) is 0 Å². The normalized spacial score (nSPS) is 10.1. The molecule has 19 heavy (non-hydrogen) atoms. The first-order valence-corrected chi connectivity index (χ1v) is 6.10. The number of benzene rings is 1. The molecule has 0 aliphatic rings. The number of hydrogen-bond acceptors (Lipinski definition) is 5. The lowest BCUT2D eigenvalue weighted by Gasteiger charge is -2.10. The fourth-order valence-corrected chi connectivity index (χ4v) is 1.80. The number of aromatic nitrogens is 2. The summed E-state index contributed by atoms with van der Waals surface area (Å²) in [5, 5.41) is 2.94. The molecule has 100 valence electrons. The van der Waals surface area contributed by atoms with E-state index in [2.05, 4.69) is 31.2 Å². The summed E-state index contributed by atoms with van der Waals surface area (Å²) >= 11 is 3.26. The molecule has 0 aliphatic heterocycles. The van der Waals surface area contributed by atoms with Crippen LogP contribution in [-0.4, -0.2) is 24.2 Å². The molecule has 5 nitrogen and oxygen atoms in total. The second-order valence-corrected chi connectivity index (χ2v) is 4.37. The van der Waals surface area contributed by atoms with Crippen LogP contribution in [0.5, 0.6) is 11.6 Å². The summed E-state index contributed by atoms with van der Waals surface area (Å²) in [6, 6.07) is 4.14. The number of ether oxygens (including phenoxy) is 2. The highest BCUT2D eigenvalue weighted by molar-refractivity contribution is 9.10. The second kappa shape index (κ2) is 5.83. The lowest BCUT2D eigenvalue weighted by atomic mass is 10.3. The van der Waals surface area contributed by atoms with E-state index in [-0.39, 0.29) is 5.82 Å². The van der Waals surface area contributed by atoms with Crippen LogP contribution in [0.25, 0.3) is 0 Å². The number of anilines is 2. The van der Waals surface area contributed by atoms with Crippen LogP contribution in [0.3, 0.4) is 0 Å². The number of methoxy groups -OCH3 is 2. The zero-order chi connectivity index (χ0) is 13.8. The molecule has 2 aromatic rings. The van der Waals surface area contributed by atoms with Gasteiger partial charge in [0, 0.05) is 6.07 Å². The maximum Gasteiger partial charge on any atom is 0.232 e. The van der Waals surface area contributed by atoms with Gasteiger partial charge in [0.2, 0.25) is 11.8 Å². The maximum absolute atomic E-state index is 13.1. The van der Waals surface area contributed by atoms with Crippen molar-refractivity contribution in [3.63, 3.8) is 0 Å². The van der Waals surface area contributed by atoms with Gasteiger partial charge in [0.1, 0.15) is 11.6 Å². The van der Waals surface area contributed by atoms with Crippen molar-refractivity contribution in [2.24, 2.45) is 0 Å². The smallest absolute Gasteiger partial charge is 0.232 e. The molecule has 0 atom stereocenters. The molecule has 0 bridgehead atoms. The first kappa shape index (κ1) is 13.5. The van der Waals surface area contributed by atoms with Crippen LogP contribution in [0.2, 0.25) is 0 Å². The van der Waals surface area contributed by atoms with Crippen LogP contribution in [0.1, 0.15) is 0 Å². The molecule has 0 unspecified atom stereocenters. The fraction of sp³-hybridized carbons (Fsp3) is 0.167. The van der Waals surface area contributed by atoms with Gasteiger partial charge in [0.25, 0.3) is 0 Å². The Hall–Kier alpha value is -1.89. The third kappa shape index (κ3) is 3.11. The maximum atomic E-state index is 13.1. The predicted molar refractivity (Wildman–Crippen MR) is 72.5 cm³/mol. The van der Waals surface area contributed by atoms with E-state index in [0.29, 0.717) is 27.7 Å². The minimum Gasteiger partial charge on any atom is -0.494 e. The van der Waals surface area contributed by atoms with Crippen molar-refractivity contribution < 1.29 is 13.9 Å². The molecule has 1 aromatic carbocycles.